The first-order chi connectivity index (χ1) is 18.0. The molecule has 10 heteroatoms. The van der Waals surface area contributed by atoms with Gasteiger partial charge in [-0.25, -0.2) is 4.79 Å². The number of aliphatic hydroxyl groups excluding tert-OH is 1. The number of benzene rings is 3. The van der Waals surface area contributed by atoms with Gasteiger partial charge in [-0.05, 0) is 65.9 Å². The molecule has 7 nitrogen and oxygen atoms in total. The molecule has 1 aliphatic rings. The number of carbonyl (C=O) groups is 2. The Morgan fingerprint density at radius 2 is 1.61 bits per heavy atom. The predicted octanol–water partition coefficient (Wildman–Crippen LogP) is 5.07. The quantitative estimate of drug-likeness (QED) is 0.429. The number of carboxylic acid groups (broad SMARTS) is 1. The van der Waals surface area contributed by atoms with Crippen molar-refractivity contribution in [2.45, 2.75) is 31.7 Å². The van der Waals surface area contributed by atoms with Crippen molar-refractivity contribution in [3.63, 3.8) is 0 Å². The van der Waals surface area contributed by atoms with Gasteiger partial charge in [0, 0.05) is 30.9 Å². The number of carboxylic acids is 1. The fourth-order valence-electron chi connectivity index (χ4n) is 3.86. The van der Waals surface area contributed by atoms with Gasteiger partial charge in [0.05, 0.1) is 17.7 Å². The van der Waals surface area contributed by atoms with E-state index in [4.69, 9.17) is 15.2 Å². The summed E-state index contributed by atoms with van der Waals surface area (Å²) < 4.78 is 31.7. The van der Waals surface area contributed by atoms with Crippen molar-refractivity contribution in [3.05, 3.63) is 89.5 Å². The zero-order valence-electron chi connectivity index (χ0n) is 20.3. The molecule has 38 heavy (non-hydrogen) atoms. The van der Waals surface area contributed by atoms with Crippen LogP contribution < -0.4 is 5.32 Å². The number of hydrogen-bond donors (Lipinski definition) is 3. The normalized spacial score (nSPS) is 14.1. The van der Waals surface area contributed by atoms with Crippen LogP contribution in [0.1, 0.15) is 34.3 Å². The van der Waals surface area contributed by atoms with Crippen molar-refractivity contribution in [2.24, 2.45) is 0 Å². The number of alkyl halides is 3. The van der Waals surface area contributed by atoms with E-state index in [9.17, 15) is 23.1 Å². The first-order valence-electron chi connectivity index (χ1n) is 11.8. The summed E-state index contributed by atoms with van der Waals surface area (Å²) in [7, 11) is 0. The van der Waals surface area contributed by atoms with E-state index in [2.05, 4.69) is 34.5 Å². The van der Waals surface area contributed by atoms with Gasteiger partial charge in [-0.1, -0.05) is 36.4 Å². The Morgan fingerprint density at radius 3 is 2.21 bits per heavy atom. The maximum Gasteiger partial charge on any atom is 0.490 e. The number of halogens is 3. The van der Waals surface area contributed by atoms with Crippen molar-refractivity contribution in [2.75, 3.05) is 18.4 Å². The summed E-state index contributed by atoms with van der Waals surface area (Å²) in [5, 5.41) is 28.7. The van der Waals surface area contributed by atoms with Gasteiger partial charge >= 0.3 is 12.1 Å². The van der Waals surface area contributed by atoms with Gasteiger partial charge < -0.3 is 15.5 Å². The number of likely N-dealkylation sites (tertiary alicyclic amines) is 1. The van der Waals surface area contributed by atoms with E-state index in [1.807, 2.05) is 30.3 Å². The molecule has 0 aliphatic carbocycles. The van der Waals surface area contributed by atoms with Crippen molar-refractivity contribution in [1.82, 2.24) is 4.90 Å². The van der Waals surface area contributed by atoms with Crippen LogP contribution in [-0.2, 0) is 11.3 Å². The van der Waals surface area contributed by atoms with Crippen LogP contribution in [0.3, 0.4) is 0 Å². The molecule has 0 radical (unpaired) electrons. The maximum atomic E-state index is 12.5. The second-order valence-electron chi connectivity index (χ2n) is 8.73. The average molecular weight is 526 g/mol. The molecule has 4 rings (SSSR count). The number of nitrogens with zero attached hydrogens (tertiary/aromatic N) is 2. The third-order valence-corrected chi connectivity index (χ3v) is 5.86. The fourth-order valence-corrected chi connectivity index (χ4v) is 3.86. The lowest BCUT2D eigenvalue weighted by molar-refractivity contribution is -0.192. The summed E-state index contributed by atoms with van der Waals surface area (Å²) in [6, 6.07) is 25.0. The van der Waals surface area contributed by atoms with Crippen LogP contribution in [-0.4, -0.2) is 52.4 Å². The standard InChI is InChI=1S/C26H25N3O2.C2HF3O2/c27-17-19-3-1-6-23(15-19)26(31)28-24-9-7-21(8-10-24)22-5-2-4-20(16-22)18-29-13-11-25(30)12-14-29;3-2(4,5)1(6)7/h1-10,15-16,25,30H,11-14,18H2,(H,28,31);(H,6,7). The molecule has 3 aromatic rings. The first kappa shape index (κ1) is 28.4. The zero-order chi connectivity index (χ0) is 27.7. The Kier molecular flexibility index (Phi) is 9.60. The largest absolute Gasteiger partial charge is 0.490 e. The molecule has 0 unspecified atom stereocenters. The van der Waals surface area contributed by atoms with Gasteiger partial charge in [0.15, 0.2) is 0 Å². The molecule has 1 saturated heterocycles. The second-order valence-corrected chi connectivity index (χ2v) is 8.73. The van der Waals surface area contributed by atoms with E-state index in [-0.39, 0.29) is 12.0 Å². The van der Waals surface area contributed by atoms with Crippen LogP contribution >= 0.6 is 0 Å². The van der Waals surface area contributed by atoms with Gasteiger partial charge in [0.2, 0.25) is 0 Å². The van der Waals surface area contributed by atoms with Crippen LogP contribution in [0.2, 0.25) is 0 Å². The number of carbonyl (C=O) groups excluding carboxylic acids is 1. The van der Waals surface area contributed by atoms with Gasteiger partial charge in [-0.3, -0.25) is 9.69 Å². The Morgan fingerprint density at radius 1 is 0.974 bits per heavy atom. The lowest BCUT2D eigenvalue weighted by Gasteiger charge is -2.29. The van der Waals surface area contributed by atoms with E-state index >= 15 is 0 Å². The number of nitriles is 1. The summed E-state index contributed by atoms with van der Waals surface area (Å²) in [4.78, 5) is 23.7. The van der Waals surface area contributed by atoms with Crippen LogP contribution in [0.5, 0.6) is 0 Å². The number of nitrogens with one attached hydrogen (secondary N) is 1. The summed E-state index contributed by atoms with van der Waals surface area (Å²) in [5.74, 6) is -2.99. The smallest absolute Gasteiger partial charge is 0.475 e. The molecule has 3 N–H and O–H groups in total. The summed E-state index contributed by atoms with van der Waals surface area (Å²) >= 11 is 0. The maximum absolute atomic E-state index is 12.5. The molecule has 0 aromatic heterocycles. The number of anilines is 1. The zero-order valence-corrected chi connectivity index (χ0v) is 20.3. The van der Waals surface area contributed by atoms with Crippen LogP contribution in [0.25, 0.3) is 11.1 Å². The molecule has 0 atom stereocenters. The molecule has 1 heterocycles. The van der Waals surface area contributed by atoms with Crippen molar-refractivity contribution < 1.29 is 33.0 Å². The second kappa shape index (κ2) is 12.9. The number of piperidine rings is 1. The number of hydrogen-bond acceptors (Lipinski definition) is 5. The third-order valence-electron chi connectivity index (χ3n) is 5.86. The SMILES string of the molecule is N#Cc1cccc(C(=O)Nc2ccc(-c3cccc(CN4CCC(O)CC4)c3)cc2)c1.O=C(O)C(F)(F)F. The molecular formula is C28H26F3N3O4. The molecule has 0 spiro atoms. The molecule has 198 valence electrons. The molecule has 0 saturated carbocycles. The van der Waals surface area contributed by atoms with Crippen LogP contribution in [0, 0.1) is 11.3 Å². The molecule has 1 fully saturated rings. The highest BCUT2D eigenvalue weighted by Gasteiger charge is 2.38. The Balaban J connectivity index is 0.000000505. The minimum Gasteiger partial charge on any atom is -0.475 e. The molecule has 3 aromatic carbocycles. The summed E-state index contributed by atoms with van der Waals surface area (Å²) in [5.41, 5.74) is 5.10. The fraction of sp³-hybridized carbons (Fsp3) is 0.250. The number of aliphatic hydroxyl groups is 1. The highest BCUT2D eigenvalue weighted by Crippen LogP contribution is 2.24. The summed E-state index contributed by atoms with van der Waals surface area (Å²) in [6.45, 7) is 2.74. The van der Waals surface area contributed by atoms with Gasteiger partial charge in [-0.15, -0.1) is 0 Å². The topological polar surface area (TPSA) is 114 Å². The third kappa shape index (κ3) is 8.44. The van der Waals surface area contributed by atoms with Crippen molar-refractivity contribution in [1.29, 1.82) is 5.26 Å². The van der Waals surface area contributed by atoms with Crippen molar-refractivity contribution in [3.8, 4) is 17.2 Å². The van der Waals surface area contributed by atoms with E-state index in [0.29, 0.717) is 16.8 Å². The Labute approximate surface area is 217 Å². The van der Waals surface area contributed by atoms with E-state index in [0.717, 1.165) is 43.6 Å². The molecule has 1 aliphatic heterocycles. The van der Waals surface area contributed by atoms with Crippen LogP contribution in [0.4, 0.5) is 18.9 Å². The van der Waals surface area contributed by atoms with Crippen LogP contribution in [0.15, 0.2) is 72.8 Å². The number of aliphatic carboxylic acids is 1. The predicted molar refractivity (Wildman–Crippen MR) is 135 cm³/mol. The molecular weight excluding hydrogens is 499 g/mol. The van der Waals surface area contributed by atoms with Crippen molar-refractivity contribution >= 4 is 17.6 Å². The lowest BCUT2D eigenvalue weighted by Crippen LogP contribution is -2.35. The number of amides is 1. The highest BCUT2D eigenvalue weighted by atomic mass is 19.4. The Bertz CT molecular complexity index is 1300. The van der Waals surface area contributed by atoms with E-state index < -0.39 is 12.1 Å². The van der Waals surface area contributed by atoms with Gasteiger partial charge in [0.25, 0.3) is 5.91 Å². The lowest BCUT2D eigenvalue weighted by atomic mass is 10.0. The van der Waals surface area contributed by atoms with E-state index in [1.54, 1.807) is 24.3 Å². The first-order valence-corrected chi connectivity index (χ1v) is 11.8. The average Bonchev–Trinajstić information content (AvgIpc) is 2.90. The minimum atomic E-state index is -5.08. The van der Waals surface area contributed by atoms with E-state index in [1.165, 1.54) is 5.56 Å². The molecule has 1 amide bonds. The van der Waals surface area contributed by atoms with Gasteiger partial charge in [0.1, 0.15) is 0 Å². The molecule has 0 bridgehead atoms. The monoisotopic (exact) mass is 525 g/mol. The highest BCUT2D eigenvalue weighted by molar-refractivity contribution is 6.04. The van der Waals surface area contributed by atoms with Gasteiger partial charge in [-0.2, -0.15) is 18.4 Å². The minimum absolute atomic E-state index is 0.156. The number of rotatable bonds is 5. The Hall–Kier alpha value is -4.20. The summed E-state index contributed by atoms with van der Waals surface area (Å²) in [6.07, 6.45) is -3.56.